The third kappa shape index (κ3) is 3.49. The summed E-state index contributed by atoms with van der Waals surface area (Å²) in [6, 6.07) is 0. The Bertz CT molecular complexity index is 795. The fraction of sp³-hybridized carbons (Fsp3) is 0.600. The minimum absolute atomic E-state index is 0.411. The molecule has 0 aliphatic carbocycles. The number of sulfonamides is 1. The fourth-order valence-electron chi connectivity index (χ4n) is 3.01. The quantitative estimate of drug-likeness (QED) is 0.841. The molecule has 1 aliphatic heterocycles. The molecule has 0 N–H and O–H groups in total. The highest BCUT2D eigenvalue weighted by atomic mass is 32.2. The summed E-state index contributed by atoms with van der Waals surface area (Å²) >= 11 is 1.69. The lowest BCUT2D eigenvalue weighted by Crippen LogP contribution is -2.39. The van der Waals surface area contributed by atoms with Crippen molar-refractivity contribution in [2.45, 2.75) is 19.8 Å². The number of fused-ring (bicyclic) bond motifs is 1. The number of aromatic nitrogens is 2. The van der Waals surface area contributed by atoms with Gasteiger partial charge in [-0.15, -0.1) is 11.3 Å². The van der Waals surface area contributed by atoms with Gasteiger partial charge < -0.3 is 4.90 Å². The molecule has 126 valence electrons. The van der Waals surface area contributed by atoms with Crippen molar-refractivity contribution in [3.8, 4) is 0 Å². The minimum Gasteiger partial charge on any atom is -0.355 e. The topological polar surface area (TPSA) is 66.4 Å². The van der Waals surface area contributed by atoms with Crippen LogP contribution in [0.25, 0.3) is 10.2 Å². The van der Waals surface area contributed by atoms with E-state index in [0.717, 1.165) is 42.0 Å². The van der Waals surface area contributed by atoms with Crippen LogP contribution in [0.5, 0.6) is 0 Å². The van der Waals surface area contributed by atoms with Crippen LogP contribution in [0.15, 0.2) is 11.7 Å². The molecular weight excluding hydrogens is 332 g/mol. The molecule has 3 rings (SSSR count). The van der Waals surface area contributed by atoms with E-state index in [1.54, 1.807) is 24.7 Å². The molecule has 1 fully saturated rings. The van der Waals surface area contributed by atoms with Crippen LogP contribution in [0.3, 0.4) is 0 Å². The number of anilines is 1. The van der Waals surface area contributed by atoms with E-state index in [1.807, 2.05) is 0 Å². The third-order valence-electron chi connectivity index (χ3n) is 4.51. The molecule has 0 saturated carbocycles. The van der Waals surface area contributed by atoms with Gasteiger partial charge >= 0.3 is 0 Å². The van der Waals surface area contributed by atoms with E-state index >= 15 is 0 Å². The summed E-state index contributed by atoms with van der Waals surface area (Å²) in [5, 5.41) is 2.12. The summed E-state index contributed by atoms with van der Waals surface area (Å²) in [5.41, 5.74) is 2.23. The van der Waals surface area contributed by atoms with Crippen LogP contribution < -0.4 is 4.90 Å². The summed E-state index contributed by atoms with van der Waals surface area (Å²) in [7, 11) is -1.44. The number of hydrogen-bond donors (Lipinski definition) is 0. The maximum absolute atomic E-state index is 11.5. The monoisotopic (exact) mass is 354 g/mol. The zero-order valence-corrected chi connectivity index (χ0v) is 15.3. The molecular formula is C15H22N4O2S2. The molecule has 6 nitrogen and oxygen atoms in total. The van der Waals surface area contributed by atoms with Crippen molar-refractivity contribution in [1.82, 2.24) is 14.3 Å². The van der Waals surface area contributed by atoms with Gasteiger partial charge in [-0.05, 0) is 36.6 Å². The number of rotatable bonds is 4. The minimum atomic E-state index is -3.09. The smallest absolute Gasteiger partial charge is 0.210 e. The average molecular weight is 355 g/mol. The predicted molar refractivity (Wildman–Crippen MR) is 94.6 cm³/mol. The van der Waals surface area contributed by atoms with Crippen molar-refractivity contribution < 1.29 is 8.42 Å². The second kappa shape index (κ2) is 6.33. The number of hydrogen-bond acceptors (Lipinski definition) is 6. The van der Waals surface area contributed by atoms with Gasteiger partial charge in [-0.1, -0.05) is 0 Å². The van der Waals surface area contributed by atoms with Crippen molar-refractivity contribution in [2.75, 3.05) is 37.8 Å². The van der Waals surface area contributed by atoms with Crippen molar-refractivity contribution >= 4 is 37.4 Å². The van der Waals surface area contributed by atoms with Gasteiger partial charge in [0, 0.05) is 26.7 Å². The van der Waals surface area contributed by atoms with Crippen molar-refractivity contribution in [1.29, 1.82) is 0 Å². The van der Waals surface area contributed by atoms with E-state index in [4.69, 9.17) is 0 Å². The standard InChI is InChI=1S/C15H22N4O2S2/c1-11-9-22-14-13(11)16-10-17-15(14)19-6-4-12(5-7-19)8-18(2)23(3,20)21/h9-10,12H,4-8H2,1-3H3. The number of thiophene rings is 1. The van der Waals surface area contributed by atoms with Crippen LogP contribution in [0.4, 0.5) is 5.82 Å². The molecule has 0 aromatic carbocycles. The fourth-order valence-corrected chi connectivity index (χ4v) is 4.51. The lowest BCUT2D eigenvalue weighted by atomic mass is 9.97. The molecule has 2 aromatic heterocycles. The summed E-state index contributed by atoms with van der Waals surface area (Å²) in [6.07, 6.45) is 4.87. The maximum Gasteiger partial charge on any atom is 0.210 e. The molecule has 0 atom stereocenters. The Morgan fingerprint density at radius 3 is 2.70 bits per heavy atom. The predicted octanol–water partition coefficient (Wildman–Crippen LogP) is 2.11. The summed E-state index contributed by atoms with van der Waals surface area (Å²) in [4.78, 5) is 11.2. The average Bonchev–Trinajstić information content (AvgIpc) is 2.89. The Morgan fingerprint density at radius 1 is 1.35 bits per heavy atom. The Balaban J connectivity index is 1.69. The summed E-state index contributed by atoms with van der Waals surface area (Å²) in [5.74, 6) is 1.43. The molecule has 0 bridgehead atoms. The highest BCUT2D eigenvalue weighted by Gasteiger charge is 2.25. The third-order valence-corrected chi connectivity index (χ3v) is 6.87. The van der Waals surface area contributed by atoms with Crippen LogP contribution in [-0.2, 0) is 10.0 Å². The van der Waals surface area contributed by atoms with Crippen molar-refractivity contribution in [3.63, 3.8) is 0 Å². The second-order valence-electron chi connectivity index (χ2n) is 6.27. The zero-order chi connectivity index (χ0) is 16.6. The first kappa shape index (κ1) is 16.6. The lowest BCUT2D eigenvalue weighted by Gasteiger charge is -2.34. The van der Waals surface area contributed by atoms with E-state index in [2.05, 4.69) is 27.2 Å². The molecule has 0 radical (unpaired) electrons. The molecule has 0 spiro atoms. The Labute approximate surface area is 141 Å². The first-order chi connectivity index (χ1) is 10.9. The molecule has 23 heavy (non-hydrogen) atoms. The van der Waals surface area contributed by atoms with Gasteiger partial charge in [0.2, 0.25) is 10.0 Å². The zero-order valence-electron chi connectivity index (χ0n) is 13.7. The van der Waals surface area contributed by atoms with Crippen molar-refractivity contribution in [3.05, 3.63) is 17.3 Å². The first-order valence-electron chi connectivity index (χ1n) is 7.71. The number of nitrogens with zero attached hydrogens (tertiary/aromatic N) is 4. The van der Waals surface area contributed by atoms with Gasteiger partial charge in [-0.3, -0.25) is 0 Å². The number of piperidine rings is 1. The van der Waals surface area contributed by atoms with E-state index in [1.165, 1.54) is 16.1 Å². The van der Waals surface area contributed by atoms with Crippen LogP contribution >= 0.6 is 11.3 Å². The molecule has 1 aliphatic rings. The maximum atomic E-state index is 11.5. The van der Waals surface area contributed by atoms with Gasteiger partial charge in [0.25, 0.3) is 0 Å². The highest BCUT2D eigenvalue weighted by Crippen LogP contribution is 2.33. The van der Waals surface area contributed by atoms with Crippen LogP contribution in [-0.4, -0.2) is 55.6 Å². The summed E-state index contributed by atoms with van der Waals surface area (Å²) < 4.78 is 25.7. The number of aryl methyl sites for hydroxylation is 1. The highest BCUT2D eigenvalue weighted by molar-refractivity contribution is 7.88. The molecule has 3 heterocycles. The lowest BCUT2D eigenvalue weighted by molar-refractivity contribution is 0.329. The Hall–Kier alpha value is -1.25. The molecule has 2 aromatic rings. The SMILES string of the molecule is Cc1csc2c(N3CCC(CN(C)S(C)(=O)=O)CC3)ncnc12. The van der Waals surface area contributed by atoms with Gasteiger partial charge in [-0.25, -0.2) is 22.7 Å². The van der Waals surface area contributed by atoms with Crippen LogP contribution in [0.2, 0.25) is 0 Å². The molecule has 8 heteroatoms. The second-order valence-corrected chi connectivity index (χ2v) is 9.24. The normalized spacial score (nSPS) is 17.3. The molecule has 0 amide bonds. The van der Waals surface area contributed by atoms with Crippen molar-refractivity contribution in [2.24, 2.45) is 5.92 Å². The van der Waals surface area contributed by atoms with Gasteiger partial charge in [0.15, 0.2) is 0 Å². The van der Waals surface area contributed by atoms with Crippen LogP contribution in [0, 0.1) is 12.8 Å². The first-order valence-corrected chi connectivity index (χ1v) is 10.4. The largest absolute Gasteiger partial charge is 0.355 e. The van der Waals surface area contributed by atoms with Crippen LogP contribution in [0.1, 0.15) is 18.4 Å². The summed E-state index contributed by atoms with van der Waals surface area (Å²) in [6.45, 7) is 4.49. The van der Waals surface area contributed by atoms with E-state index in [0.29, 0.717) is 12.5 Å². The Kier molecular flexibility index (Phi) is 4.57. The molecule has 1 saturated heterocycles. The van der Waals surface area contributed by atoms with E-state index in [9.17, 15) is 8.42 Å². The molecule has 0 unspecified atom stereocenters. The van der Waals surface area contributed by atoms with Gasteiger partial charge in [0.05, 0.1) is 16.5 Å². The van der Waals surface area contributed by atoms with Gasteiger partial charge in [0.1, 0.15) is 12.1 Å². The Morgan fingerprint density at radius 2 is 2.04 bits per heavy atom. The van der Waals surface area contributed by atoms with E-state index in [-0.39, 0.29) is 0 Å². The van der Waals surface area contributed by atoms with E-state index < -0.39 is 10.0 Å². The van der Waals surface area contributed by atoms with Gasteiger partial charge in [-0.2, -0.15) is 0 Å².